The molecule has 1 heterocycles. The summed E-state index contributed by atoms with van der Waals surface area (Å²) >= 11 is 0. The number of pyridine rings is 1. The van der Waals surface area contributed by atoms with Gasteiger partial charge in [0.15, 0.2) is 5.69 Å². The second kappa shape index (κ2) is 4.27. The van der Waals surface area contributed by atoms with Crippen LogP contribution in [0.4, 0.5) is 5.69 Å². The van der Waals surface area contributed by atoms with Crippen molar-refractivity contribution in [1.29, 1.82) is 0 Å². The van der Waals surface area contributed by atoms with E-state index >= 15 is 0 Å². The SMILES string of the molecule is CC(C)(O)CNC(=O)c1ncccc1N. The van der Waals surface area contributed by atoms with Crippen LogP contribution in [0.5, 0.6) is 0 Å². The molecule has 15 heavy (non-hydrogen) atoms. The highest BCUT2D eigenvalue weighted by atomic mass is 16.3. The second-order valence-corrected chi connectivity index (χ2v) is 3.94. The van der Waals surface area contributed by atoms with Crippen molar-refractivity contribution >= 4 is 11.6 Å². The summed E-state index contributed by atoms with van der Waals surface area (Å²) in [5.74, 6) is -0.379. The van der Waals surface area contributed by atoms with Crippen LogP contribution >= 0.6 is 0 Å². The van der Waals surface area contributed by atoms with E-state index < -0.39 is 5.60 Å². The number of carbonyl (C=O) groups is 1. The summed E-state index contributed by atoms with van der Waals surface area (Å²) in [4.78, 5) is 15.4. The molecule has 1 rings (SSSR count). The van der Waals surface area contributed by atoms with Crippen LogP contribution in [-0.4, -0.2) is 28.1 Å². The maximum Gasteiger partial charge on any atom is 0.272 e. The number of hydrogen-bond donors (Lipinski definition) is 3. The van der Waals surface area contributed by atoms with Gasteiger partial charge in [-0.15, -0.1) is 0 Å². The van der Waals surface area contributed by atoms with Gasteiger partial charge in [0.05, 0.1) is 11.3 Å². The van der Waals surface area contributed by atoms with Crippen molar-refractivity contribution in [3.05, 3.63) is 24.0 Å². The fourth-order valence-electron chi connectivity index (χ4n) is 0.988. The molecule has 0 atom stereocenters. The second-order valence-electron chi connectivity index (χ2n) is 3.94. The van der Waals surface area contributed by atoms with E-state index in [0.29, 0.717) is 5.69 Å². The molecule has 0 aliphatic rings. The highest BCUT2D eigenvalue weighted by Gasteiger charge is 2.16. The largest absolute Gasteiger partial charge is 0.397 e. The van der Waals surface area contributed by atoms with Crippen LogP contribution in [-0.2, 0) is 0 Å². The van der Waals surface area contributed by atoms with Gasteiger partial charge < -0.3 is 16.2 Å². The molecule has 0 fully saturated rings. The van der Waals surface area contributed by atoms with E-state index in [1.54, 1.807) is 26.0 Å². The zero-order valence-electron chi connectivity index (χ0n) is 8.82. The number of nitrogens with one attached hydrogen (secondary N) is 1. The number of nitrogens with zero attached hydrogens (tertiary/aromatic N) is 1. The third kappa shape index (κ3) is 3.55. The molecule has 0 bridgehead atoms. The average Bonchev–Trinajstić information content (AvgIpc) is 2.14. The molecule has 4 N–H and O–H groups in total. The van der Waals surface area contributed by atoms with Gasteiger partial charge in [0, 0.05) is 12.7 Å². The molecular formula is C10H15N3O2. The Balaban J connectivity index is 2.66. The maximum atomic E-state index is 11.5. The lowest BCUT2D eigenvalue weighted by molar-refractivity contribution is 0.0692. The lowest BCUT2D eigenvalue weighted by Gasteiger charge is -2.17. The van der Waals surface area contributed by atoms with Crippen molar-refractivity contribution in [3.63, 3.8) is 0 Å². The first-order valence-corrected chi connectivity index (χ1v) is 4.61. The summed E-state index contributed by atoms with van der Waals surface area (Å²) in [5, 5.41) is 12.0. The van der Waals surface area contributed by atoms with Gasteiger partial charge in [0.1, 0.15) is 0 Å². The third-order valence-electron chi connectivity index (χ3n) is 1.74. The predicted molar refractivity (Wildman–Crippen MR) is 57.3 cm³/mol. The molecule has 0 aliphatic heterocycles. The van der Waals surface area contributed by atoms with E-state index in [0.717, 1.165) is 0 Å². The highest BCUT2D eigenvalue weighted by Crippen LogP contribution is 2.07. The van der Waals surface area contributed by atoms with E-state index in [2.05, 4.69) is 10.3 Å². The fourth-order valence-corrected chi connectivity index (χ4v) is 0.988. The molecule has 0 aliphatic carbocycles. The number of nitrogens with two attached hydrogens (primary N) is 1. The van der Waals surface area contributed by atoms with Crippen molar-refractivity contribution < 1.29 is 9.90 Å². The minimum absolute atomic E-state index is 0.155. The van der Waals surface area contributed by atoms with Gasteiger partial charge in [-0.05, 0) is 26.0 Å². The number of aromatic nitrogens is 1. The molecule has 0 unspecified atom stereocenters. The van der Waals surface area contributed by atoms with Crippen molar-refractivity contribution in [2.75, 3.05) is 12.3 Å². The Morgan fingerprint density at radius 3 is 2.87 bits per heavy atom. The van der Waals surface area contributed by atoms with E-state index in [1.165, 1.54) is 6.20 Å². The smallest absolute Gasteiger partial charge is 0.272 e. The monoisotopic (exact) mass is 209 g/mol. The number of aliphatic hydroxyl groups is 1. The third-order valence-corrected chi connectivity index (χ3v) is 1.74. The van der Waals surface area contributed by atoms with Gasteiger partial charge in [0.2, 0.25) is 0 Å². The molecule has 0 radical (unpaired) electrons. The quantitative estimate of drug-likeness (QED) is 0.662. The summed E-state index contributed by atoms with van der Waals surface area (Å²) in [6.45, 7) is 3.37. The standard InChI is InChI=1S/C10H15N3O2/c1-10(2,15)6-13-9(14)8-7(11)4-3-5-12-8/h3-5,15H,6,11H2,1-2H3,(H,13,14). The average molecular weight is 209 g/mol. The summed E-state index contributed by atoms with van der Waals surface area (Å²) in [5.41, 5.74) is 5.14. The van der Waals surface area contributed by atoms with Crippen LogP contribution in [0.3, 0.4) is 0 Å². The molecule has 1 aromatic heterocycles. The van der Waals surface area contributed by atoms with Crippen LogP contribution in [0, 0.1) is 0 Å². The summed E-state index contributed by atoms with van der Waals surface area (Å²) < 4.78 is 0. The molecule has 5 heteroatoms. The zero-order valence-corrected chi connectivity index (χ0v) is 8.82. The zero-order chi connectivity index (χ0) is 11.5. The maximum absolute atomic E-state index is 11.5. The van der Waals surface area contributed by atoms with Crippen LogP contribution in [0.2, 0.25) is 0 Å². The van der Waals surface area contributed by atoms with Gasteiger partial charge >= 0.3 is 0 Å². The fraction of sp³-hybridized carbons (Fsp3) is 0.400. The van der Waals surface area contributed by atoms with Crippen LogP contribution < -0.4 is 11.1 Å². The molecule has 1 aromatic rings. The Hall–Kier alpha value is -1.62. The summed E-state index contributed by atoms with van der Waals surface area (Å²) in [6, 6.07) is 3.26. The molecule has 0 aromatic carbocycles. The van der Waals surface area contributed by atoms with Gasteiger partial charge in [-0.25, -0.2) is 4.98 Å². The van der Waals surface area contributed by atoms with Crippen molar-refractivity contribution in [3.8, 4) is 0 Å². The van der Waals surface area contributed by atoms with Gasteiger partial charge in [-0.2, -0.15) is 0 Å². The Labute approximate surface area is 88.3 Å². The Kier molecular flexibility index (Phi) is 3.26. The van der Waals surface area contributed by atoms with Crippen molar-refractivity contribution in [2.24, 2.45) is 0 Å². The molecule has 0 spiro atoms. The topological polar surface area (TPSA) is 88.2 Å². The summed E-state index contributed by atoms with van der Waals surface area (Å²) in [7, 11) is 0. The molecule has 0 saturated heterocycles. The van der Waals surface area contributed by atoms with Gasteiger partial charge in [-0.3, -0.25) is 4.79 Å². The molecule has 0 saturated carbocycles. The molecule has 1 amide bonds. The first-order chi connectivity index (χ1) is 6.90. The number of nitrogen functional groups attached to an aromatic ring is 1. The lowest BCUT2D eigenvalue weighted by Crippen LogP contribution is -2.38. The predicted octanol–water partition coefficient (Wildman–Crippen LogP) is 0.164. The molecule has 5 nitrogen and oxygen atoms in total. The van der Waals surface area contributed by atoms with Crippen LogP contribution in [0.25, 0.3) is 0 Å². The number of amides is 1. The Bertz CT molecular complexity index is 358. The number of rotatable bonds is 3. The number of carbonyl (C=O) groups excluding carboxylic acids is 1. The minimum Gasteiger partial charge on any atom is -0.397 e. The molecular weight excluding hydrogens is 194 g/mol. The lowest BCUT2D eigenvalue weighted by atomic mass is 10.1. The number of anilines is 1. The van der Waals surface area contributed by atoms with E-state index in [-0.39, 0.29) is 18.1 Å². The van der Waals surface area contributed by atoms with E-state index in [1.807, 2.05) is 0 Å². The van der Waals surface area contributed by atoms with Crippen molar-refractivity contribution in [1.82, 2.24) is 10.3 Å². The first-order valence-electron chi connectivity index (χ1n) is 4.61. The Morgan fingerprint density at radius 2 is 2.33 bits per heavy atom. The highest BCUT2D eigenvalue weighted by molar-refractivity contribution is 5.96. The van der Waals surface area contributed by atoms with Gasteiger partial charge in [0.25, 0.3) is 5.91 Å². The minimum atomic E-state index is -0.945. The van der Waals surface area contributed by atoms with Gasteiger partial charge in [-0.1, -0.05) is 0 Å². The summed E-state index contributed by atoms with van der Waals surface area (Å²) in [6.07, 6.45) is 1.50. The van der Waals surface area contributed by atoms with Crippen molar-refractivity contribution in [2.45, 2.75) is 19.4 Å². The van der Waals surface area contributed by atoms with Crippen LogP contribution in [0.15, 0.2) is 18.3 Å². The van der Waals surface area contributed by atoms with Crippen LogP contribution in [0.1, 0.15) is 24.3 Å². The molecule has 82 valence electrons. The Morgan fingerprint density at radius 1 is 1.67 bits per heavy atom. The van der Waals surface area contributed by atoms with E-state index in [4.69, 9.17) is 5.73 Å². The normalized spacial score (nSPS) is 11.1. The number of hydrogen-bond acceptors (Lipinski definition) is 4. The first kappa shape index (κ1) is 11.5. The van der Waals surface area contributed by atoms with E-state index in [9.17, 15) is 9.90 Å².